The third kappa shape index (κ3) is 4.06. The third-order valence-electron chi connectivity index (χ3n) is 5.01. The summed E-state index contributed by atoms with van der Waals surface area (Å²) in [4.78, 5) is 5.13. The predicted molar refractivity (Wildman–Crippen MR) is 86.3 cm³/mol. The summed E-state index contributed by atoms with van der Waals surface area (Å²) in [6, 6.07) is 10.7. The predicted octanol–water partition coefficient (Wildman–Crippen LogP) is 2.67. The van der Waals surface area contributed by atoms with Crippen LogP contribution in [0, 0.1) is 0 Å². The molecule has 2 aliphatic rings. The van der Waals surface area contributed by atoms with E-state index in [0.717, 1.165) is 18.7 Å². The van der Waals surface area contributed by atoms with Crippen LogP contribution in [0.1, 0.15) is 43.8 Å². The molecule has 2 aliphatic heterocycles. The van der Waals surface area contributed by atoms with Gasteiger partial charge < -0.3 is 10.0 Å². The highest BCUT2D eigenvalue weighted by Crippen LogP contribution is 2.23. The number of hydrogen-bond donors (Lipinski definition) is 1. The zero-order valence-electron chi connectivity index (χ0n) is 13.0. The van der Waals surface area contributed by atoms with Crippen LogP contribution in [0.5, 0.6) is 0 Å². The Morgan fingerprint density at radius 3 is 2.52 bits per heavy atom. The number of hydrogen-bond acceptors (Lipinski definition) is 3. The van der Waals surface area contributed by atoms with Crippen molar-refractivity contribution >= 4 is 0 Å². The van der Waals surface area contributed by atoms with Gasteiger partial charge in [-0.1, -0.05) is 36.8 Å². The largest absolute Gasteiger partial charge is 0.387 e. The van der Waals surface area contributed by atoms with Crippen molar-refractivity contribution < 1.29 is 5.11 Å². The van der Waals surface area contributed by atoms with Crippen molar-refractivity contribution in [2.45, 2.75) is 44.2 Å². The minimum absolute atomic E-state index is 0.354. The van der Waals surface area contributed by atoms with Crippen LogP contribution in [-0.2, 0) is 0 Å². The standard InChI is InChI=1S/C18H28N2O/c21-18(16-8-3-1-4-9-16)15-20-13-7-10-17(20)14-19-11-5-2-6-12-19/h1,3-4,8-9,17-18,21H,2,5-7,10-15H2. The van der Waals surface area contributed by atoms with Crippen LogP contribution >= 0.6 is 0 Å². The molecule has 0 aromatic heterocycles. The minimum atomic E-state index is -0.354. The molecule has 2 unspecified atom stereocenters. The molecule has 21 heavy (non-hydrogen) atoms. The van der Waals surface area contributed by atoms with Gasteiger partial charge in [-0.2, -0.15) is 0 Å². The first-order valence-corrected chi connectivity index (χ1v) is 8.52. The number of aliphatic hydroxyl groups is 1. The fraction of sp³-hybridized carbons (Fsp3) is 0.667. The zero-order valence-corrected chi connectivity index (χ0v) is 13.0. The van der Waals surface area contributed by atoms with E-state index in [1.165, 1.54) is 51.7 Å². The number of benzene rings is 1. The summed E-state index contributed by atoms with van der Waals surface area (Å²) in [5.41, 5.74) is 1.04. The van der Waals surface area contributed by atoms with E-state index in [0.29, 0.717) is 6.04 Å². The Hall–Kier alpha value is -0.900. The normalized spacial score (nSPS) is 26.0. The van der Waals surface area contributed by atoms with E-state index in [2.05, 4.69) is 9.80 Å². The van der Waals surface area contributed by atoms with Crippen LogP contribution in [0.4, 0.5) is 0 Å². The molecule has 2 fully saturated rings. The Labute approximate surface area is 128 Å². The van der Waals surface area contributed by atoms with Crippen LogP contribution in [0.25, 0.3) is 0 Å². The summed E-state index contributed by atoms with van der Waals surface area (Å²) in [5, 5.41) is 10.4. The van der Waals surface area contributed by atoms with Crippen LogP contribution in [0.2, 0.25) is 0 Å². The Kier molecular flexibility index (Phi) is 5.28. The molecule has 0 saturated carbocycles. The highest BCUT2D eigenvalue weighted by Gasteiger charge is 2.28. The molecule has 3 heteroatoms. The van der Waals surface area contributed by atoms with E-state index in [1.807, 2.05) is 30.3 Å². The summed E-state index contributed by atoms with van der Waals surface area (Å²) >= 11 is 0. The lowest BCUT2D eigenvalue weighted by atomic mass is 10.1. The highest BCUT2D eigenvalue weighted by molar-refractivity contribution is 5.17. The topological polar surface area (TPSA) is 26.7 Å². The van der Waals surface area contributed by atoms with E-state index in [4.69, 9.17) is 0 Å². The second-order valence-electron chi connectivity index (χ2n) is 6.58. The molecule has 0 spiro atoms. The van der Waals surface area contributed by atoms with Crippen molar-refractivity contribution in [2.75, 3.05) is 32.7 Å². The molecule has 3 rings (SSSR count). The lowest BCUT2D eigenvalue weighted by Crippen LogP contribution is -2.43. The van der Waals surface area contributed by atoms with Crippen molar-refractivity contribution in [1.82, 2.24) is 9.80 Å². The maximum atomic E-state index is 10.4. The molecule has 2 saturated heterocycles. The van der Waals surface area contributed by atoms with E-state index in [9.17, 15) is 5.11 Å². The van der Waals surface area contributed by atoms with E-state index in [-0.39, 0.29) is 6.10 Å². The van der Waals surface area contributed by atoms with Gasteiger partial charge in [-0.15, -0.1) is 0 Å². The summed E-state index contributed by atoms with van der Waals surface area (Å²) in [7, 11) is 0. The fourth-order valence-corrected chi connectivity index (χ4v) is 3.79. The van der Waals surface area contributed by atoms with Gasteiger partial charge in [0.2, 0.25) is 0 Å². The number of likely N-dealkylation sites (tertiary alicyclic amines) is 2. The molecule has 0 aliphatic carbocycles. The van der Waals surface area contributed by atoms with Gasteiger partial charge in [0.05, 0.1) is 6.10 Å². The summed E-state index contributed by atoms with van der Waals surface area (Å²) < 4.78 is 0. The SMILES string of the molecule is OC(CN1CCCC1CN1CCCCC1)c1ccccc1. The van der Waals surface area contributed by atoms with Crippen LogP contribution in [0.15, 0.2) is 30.3 Å². The van der Waals surface area contributed by atoms with Crippen molar-refractivity contribution in [1.29, 1.82) is 0 Å². The second-order valence-corrected chi connectivity index (χ2v) is 6.58. The van der Waals surface area contributed by atoms with Crippen LogP contribution in [0.3, 0.4) is 0 Å². The molecule has 2 heterocycles. The van der Waals surface area contributed by atoms with Crippen molar-refractivity contribution in [2.24, 2.45) is 0 Å². The van der Waals surface area contributed by atoms with Gasteiger partial charge in [-0.05, 0) is 50.9 Å². The van der Waals surface area contributed by atoms with Gasteiger partial charge in [0, 0.05) is 19.1 Å². The van der Waals surface area contributed by atoms with E-state index >= 15 is 0 Å². The molecule has 116 valence electrons. The maximum Gasteiger partial charge on any atom is 0.0917 e. The molecule has 0 amide bonds. The monoisotopic (exact) mass is 288 g/mol. The van der Waals surface area contributed by atoms with Gasteiger partial charge in [-0.3, -0.25) is 4.90 Å². The number of nitrogens with zero attached hydrogens (tertiary/aromatic N) is 2. The lowest BCUT2D eigenvalue weighted by molar-refractivity contribution is 0.0878. The maximum absolute atomic E-state index is 10.4. The Morgan fingerprint density at radius 1 is 1.00 bits per heavy atom. The fourth-order valence-electron chi connectivity index (χ4n) is 3.79. The minimum Gasteiger partial charge on any atom is -0.387 e. The van der Waals surface area contributed by atoms with Crippen LogP contribution in [-0.4, -0.2) is 53.7 Å². The molecule has 3 nitrogen and oxygen atoms in total. The molecule has 0 bridgehead atoms. The average Bonchev–Trinajstić information content (AvgIpc) is 2.96. The molecular weight excluding hydrogens is 260 g/mol. The quantitative estimate of drug-likeness (QED) is 0.902. The number of aliphatic hydroxyl groups excluding tert-OH is 1. The summed E-state index contributed by atoms with van der Waals surface area (Å²) in [5.74, 6) is 0. The average molecular weight is 288 g/mol. The molecule has 0 radical (unpaired) electrons. The molecule has 2 atom stereocenters. The summed E-state index contributed by atoms with van der Waals surface area (Å²) in [6.07, 6.45) is 6.34. The van der Waals surface area contributed by atoms with E-state index in [1.54, 1.807) is 0 Å². The number of rotatable bonds is 5. The number of β-amino-alcohol motifs (C(OH)–C–C–N with tert-alkyl or cyclic N) is 1. The van der Waals surface area contributed by atoms with E-state index < -0.39 is 0 Å². The Balaban J connectivity index is 1.54. The first-order valence-electron chi connectivity index (χ1n) is 8.52. The smallest absolute Gasteiger partial charge is 0.0917 e. The van der Waals surface area contributed by atoms with Crippen LogP contribution < -0.4 is 0 Å². The Bertz CT molecular complexity index is 416. The third-order valence-corrected chi connectivity index (χ3v) is 5.01. The van der Waals surface area contributed by atoms with Crippen molar-refractivity contribution in [3.05, 3.63) is 35.9 Å². The first-order chi connectivity index (χ1) is 10.3. The molecule has 1 N–H and O–H groups in total. The zero-order chi connectivity index (χ0) is 14.5. The highest BCUT2D eigenvalue weighted by atomic mass is 16.3. The van der Waals surface area contributed by atoms with Gasteiger partial charge >= 0.3 is 0 Å². The lowest BCUT2D eigenvalue weighted by Gasteiger charge is -2.33. The second kappa shape index (κ2) is 7.39. The first kappa shape index (κ1) is 15.0. The summed E-state index contributed by atoms with van der Waals surface area (Å²) in [6.45, 7) is 5.66. The van der Waals surface area contributed by atoms with Crippen molar-refractivity contribution in [3.63, 3.8) is 0 Å². The van der Waals surface area contributed by atoms with Gasteiger partial charge in [0.1, 0.15) is 0 Å². The molecule has 1 aromatic carbocycles. The Morgan fingerprint density at radius 2 is 1.76 bits per heavy atom. The number of piperidine rings is 1. The van der Waals surface area contributed by atoms with Gasteiger partial charge in [0.25, 0.3) is 0 Å². The molecular formula is C18H28N2O. The van der Waals surface area contributed by atoms with Crippen molar-refractivity contribution in [3.8, 4) is 0 Å². The molecule has 1 aromatic rings. The van der Waals surface area contributed by atoms with Gasteiger partial charge in [-0.25, -0.2) is 0 Å². The van der Waals surface area contributed by atoms with Gasteiger partial charge in [0.15, 0.2) is 0 Å².